The monoisotopic (exact) mass is 393 g/mol. The molecule has 8 heteroatoms. The van der Waals surface area contributed by atoms with Gasteiger partial charge in [-0.25, -0.2) is 9.79 Å². The maximum absolute atomic E-state index is 11.6. The van der Waals surface area contributed by atoms with Gasteiger partial charge in [-0.15, -0.1) is 0 Å². The Balaban J connectivity index is 1.85. The van der Waals surface area contributed by atoms with Crippen molar-refractivity contribution >= 4 is 23.7 Å². The molecule has 0 aromatic heterocycles. The van der Waals surface area contributed by atoms with E-state index in [1.165, 1.54) is 0 Å². The lowest BCUT2D eigenvalue weighted by Gasteiger charge is -2.23. The van der Waals surface area contributed by atoms with Crippen molar-refractivity contribution in [3.63, 3.8) is 0 Å². The first-order valence-electron chi connectivity index (χ1n) is 8.93. The minimum Gasteiger partial charge on any atom is -0.444 e. The van der Waals surface area contributed by atoms with Crippen LogP contribution in [0, 0.1) is 6.92 Å². The van der Waals surface area contributed by atoms with E-state index < -0.39 is 11.7 Å². The summed E-state index contributed by atoms with van der Waals surface area (Å²) in [6.07, 6.45) is 2.29. The van der Waals surface area contributed by atoms with Crippen molar-refractivity contribution in [2.45, 2.75) is 45.8 Å². The Labute approximate surface area is 165 Å². The molecule has 148 valence electrons. The number of benzene rings is 1. The van der Waals surface area contributed by atoms with Crippen LogP contribution in [0.4, 0.5) is 4.79 Å². The molecule has 0 fully saturated rings. The fourth-order valence-electron chi connectivity index (χ4n) is 2.58. The lowest BCUT2D eigenvalue weighted by molar-refractivity contribution is 0.0527. The summed E-state index contributed by atoms with van der Waals surface area (Å²) in [4.78, 5) is 16.0. The molecule has 1 heterocycles. The zero-order valence-corrected chi connectivity index (χ0v) is 17.0. The Morgan fingerprint density at radius 3 is 2.81 bits per heavy atom. The molecular weight excluding hydrogens is 366 g/mol. The molecule has 1 atom stereocenters. The van der Waals surface area contributed by atoms with Gasteiger partial charge in [0.05, 0.1) is 0 Å². The second kappa shape index (κ2) is 8.99. The first kappa shape index (κ1) is 20.9. The predicted molar refractivity (Wildman–Crippen MR) is 109 cm³/mol. The number of alkyl carbamates (subject to hydrolysis) is 1. The number of nitrogens with one attached hydrogen (secondary N) is 3. The summed E-state index contributed by atoms with van der Waals surface area (Å²) < 4.78 is 5.19. The molecule has 7 nitrogen and oxygen atoms in total. The SMILES string of the molecule is Cc1c(Cl)cccc1C1C=C(NCCCNC(=O)OC(C)(C)C)NC(N)=N1. The van der Waals surface area contributed by atoms with Crippen molar-refractivity contribution in [2.24, 2.45) is 10.7 Å². The third-order valence-corrected chi connectivity index (χ3v) is 4.24. The van der Waals surface area contributed by atoms with Crippen LogP contribution in [0.1, 0.15) is 44.4 Å². The van der Waals surface area contributed by atoms with E-state index in [9.17, 15) is 4.79 Å². The number of aliphatic imine (C=N–C) groups is 1. The number of nitrogens with zero attached hydrogens (tertiary/aromatic N) is 1. The predicted octanol–water partition coefficient (Wildman–Crippen LogP) is 2.95. The van der Waals surface area contributed by atoms with E-state index >= 15 is 0 Å². The minimum absolute atomic E-state index is 0.202. The third-order valence-electron chi connectivity index (χ3n) is 3.83. The number of guanidine groups is 1. The van der Waals surface area contributed by atoms with Crippen molar-refractivity contribution < 1.29 is 9.53 Å². The van der Waals surface area contributed by atoms with Crippen LogP contribution in [0.5, 0.6) is 0 Å². The van der Waals surface area contributed by atoms with Crippen molar-refractivity contribution in [2.75, 3.05) is 13.1 Å². The van der Waals surface area contributed by atoms with Crippen molar-refractivity contribution in [3.05, 3.63) is 46.2 Å². The second-order valence-electron chi connectivity index (χ2n) is 7.33. The van der Waals surface area contributed by atoms with Gasteiger partial charge < -0.3 is 26.4 Å². The normalized spacial score (nSPS) is 16.7. The zero-order valence-electron chi connectivity index (χ0n) is 16.2. The maximum atomic E-state index is 11.6. The van der Waals surface area contributed by atoms with Crippen LogP contribution >= 0.6 is 11.6 Å². The standard InChI is InChI=1S/C19H28ClN5O2/c1-12-13(7-5-8-14(12)20)15-11-16(25-17(21)24-15)22-9-6-10-23-18(26)27-19(2,3)4/h5,7-8,11,15,22H,6,9-10H2,1-4H3,(H,23,26)(H3,21,24,25). The third kappa shape index (κ3) is 6.67. The van der Waals surface area contributed by atoms with Crippen LogP contribution in [0.25, 0.3) is 0 Å². The number of rotatable bonds is 6. The summed E-state index contributed by atoms with van der Waals surface area (Å²) in [6, 6.07) is 5.55. The van der Waals surface area contributed by atoms with Crippen molar-refractivity contribution in [1.82, 2.24) is 16.0 Å². The Kier molecular flexibility index (Phi) is 6.96. The number of carbonyl (C=O) groups excluding carboxylic acids is 1. The Morgan fingerprint density at radius 2 is 2.11 bits per heavy atom. The summed E-state index contributed by atoms with van der Waals surface area (Å²) in [5, 5.41) is 9.72. The van der Waals surface area contributed by atoms with E-state index in [1.54, 1.807) is 0 Å². The number of amides is 1. The van der Waals surface area contributed by atoms with E-state index in [0.29, 0.717) is 24.1 Å². The van der Waals surface area contributed by atoms with Gasteiger partial charge in [0.25, 0.3) is 0 Å². The van der Waals surface area contributed by atoms with Crippen LogP contribution in [0.2, 0.25) is 5.02 Å². The first-order chi connectivity index (χ1) is 12.7. The highest BCUT2D eigenvalue weighted by Crippen LogP contribution is 2.28. The maximum Gasteiger partial charge on any atom is 0.407 e. The summed E-state index contributed by atoms with van der Waals surface area (Å²) in [7, 11) is 0. The Hall–Kier alpha value is -2.41. The van der Waals surface area contributed by atoms with Crippen LogP contribution in [-0.2, 0) is 4.74 Å². The number of nitrogens with two attached hydrogens (primary N) is 1. The van der Waals surface area contributed by atoms with Crippen LogP contribution in [0.3, 0.4) is 0 Å². The topological polar surface area (TPSA) is 101 Å². The smallest absolute Gasteiger partial charge is 0.407 e. The average molecular weight is 394 g/mol. The molecule has 0 spiro atoms. The molecule has 0 bridgehead atoms. The molecule has 0 radical (unpaired) electrons. The summed E-state index contributed by atoms with van der Waals surface area (Å²) in [5.41, 5.74) is 7.42. The van der Waals surface area contributed by atoms with Gasteiger partial charge in [-0.3, -0.25) is 0 Å². The van der Waals surface area contributed by atoms with E-state index in [-0.39, 0.29) is 6.04 Å². The first-order valence-corrected chi connectivity index (χ1v) is 9.31. The highest BCUT2D eigenvalue weighted by Gasteiger charge is 2.18. The van der Waals surface area contributed by atoms with E-state index in [1.807, 2.05) is 52.0 Å². The highest BCUT2D eigenvalue weighted by molar-refractivity contribution is 6.31. The van der Waals surface area contributed by atoms with Gasteiger partial charge >= 0.3 is 6.09 Å². The number of carbonyl (C=O) groups is 1. The van der Waals surface area contributed by atoms with Crippen LogP contribution < -0.4 is 21.7 Å². The molecule has 1 aliphatic rings. The average Bonchev–Trinajstić information content (AvgIpc) is 2.55. The van der Waals surface area contributed by atoms with Gasteiger partial charge in [0, 0.05) is 18.1 Å². The fraction of sp³-hybridized carbons (Fsp3) is 0.474. The zero-order chi connectivity index (χ0) is 20.0. The van der Waals surface area contributed by atoms with Gasteiger partial charge in [0.1, 0.15) is 17.5 Å². The molecule has 1 unspecified atom stereocenters. The van der Waals surface area contributed by atoms with E-state index in [4.69, 9.17) is 22.1 Å². The molecule has 0 saturated heterocycles. The summed E-state index contributed by atoms with van der Waals surface area (Å²) >= 11 is 6.21. The van der Waals surface area contributed by atoms with Crippen LogP contribution in [-0.4, -0.2) is 30.7 Å². The Morgan fingerprint density at radius 1 is 1.37 bits per heavy atom. The summed E-state index contributed by atoms with van der Waals surface area (Å²) in [6.45, 7) is 8.63. The van der Waals surface area contributed by atoms with Crippen LogP contribution in [0.15, 0.2) is 35.1 Å². The highest BCUT2D eigenvalue weighted by atomic mass is 35.5. The van der Waals surface area contributed by atoms with Crippen molar-refractivity contribution in [3.8, 4) is 0 Å². The largest absolute Gasteiger partial charge is 0.444 e. The van der Waals surface area contributed by atoms with E-state index in [0.717, 1.165) is 23.4 Å². The Bertz CT molecular complexity index is 740. The van der Waals surface area contributed by atoms with Gasteiger partial charge in [-0.2, -0.15) is 0 Å². The second-order valence-corrected chi connectivity index (χ2v) is 7.73. The molecule has 1 amide bonds. The van der Waals surface area contributed by atoms with E-state index in [2.05, 4.69) is 20.9 Å². The molecule has 1 aliphatic heterocycles. The van der Waals surface area contributed by atoms with Gasteiger partial charge in [0.2, 0.25) is 0 Å². The molecule has 27 heavy (non-hydrogen) atoms. The molecule has 1 aromatic carbocycles. The molecular formula is C19H28ClN5O2. The number of hydrogen-bond donors (Lipinski definition) is 4. The lowest BCUT2D eigenvalue weighted by Crippen LogP contribution is -2.40. The quantitative estimate of drug-likeness (QED) is 0.557. The number of ether oxygens (including phenoxy) is 1. The molecule has 1 aromatic rings. The number of hydrogen-bond acceptors (Lipinski definition) is 6. The fourth-order valence-corrected chi connectivity index (χ4v) is 2.76. The lowest BCUT2D eigenvalue weighted by atomic mass is 10.0. The van der Waals surface area contributed by atoms with Gasteiger partial charge in [-0.1, -0.05) is 23.7 Å². The summed E-state index contributed by atoms with van der Waals surface area (Å²) in [5.74, 6) is 1.13. The minimum atomic E-state index is -0.497. The van der Waals surface area contributed by atoms with Crippen molar-refractivity contribution in [1.29, 1.82) is 0 Å². The molecule has 5 N–H and O–H groups in total. The molecule has 0 aliphatic carbocycles. The number of halogens is 1. The molecule has 0 saturated carbocycles. The molecule has 2 rings (SSSR count). The van der Waals surface area contributed by atoms with Gasteiger partial charge in [-0.05, 0) is 57.4 Å². The van der Waals surface area contributed by atoms with Gasteiger partial charge in [0.15, 0.2) is 5.96 Å².